The van der Waals surface area contributed by atoms with E-state index >= 15 is 0 Å². The Hall–Kier alpha value is -1.54. The summed E-state index contributed by atoms with van der Waals surface area (Å²) < 4.78 is 0. The topological polar surface area (TPSA) is 3.24 Å². The molecule has 98 valence electrons. The molecule has 0 unspecified atom stereocenters. The summed E-state index contributed by atoms with van der Waals surface area (Å²) in [5, 5.41) is 0. The van der Waals surface area contributed by atoms with Crippen molar-refractivity contribution in [1.82, 2.24) is 4.90 Å². The van der Waals surface area contributed by atoms with Crippen LogP contribution in [0, 0.1) is 0 Å². The van der Waals surface area contributed by atoms with E-state index in [-0.39, 0.29) is 0 Å². The van der Waals surface area contributed by atoms with Crippen molar-refractivity contribution in [3.05, 3.63) is 60.2 Å². The summed E-state index contributed by atoms with van der Waals surface area (Å²) in [7, 11) is 11.5. The highest BCUT2D eigenvalue weighted by Crippen LogP contribution is 2.19. The minimum Gasteiger partial charge on any atom is -0.312 e. The van der Waals surface area contributed by atoms with Crippen molar-refractivity contribution in [3.63, 3.8) is 0 Å². The average Bonchev–Trinajstić information content (AvgIpc) is 2.40. The van der Waals surface area contributed by atoms with Crippen LogP contribution in [0.25, 0.3) is 11.1 Å². The lowest BCUT2D eigenvalue weighted by molar-refractivity contribution is 0.505. The van der Waals surface area contributed by atoms with Gasteiger partial charge in [-0.1, -0.05) is 60.9 Å². The maximum absolute atomic E-state index is 5.51. The molecule has 2 radical (unpaired) electrons. The van der Waals surface area contributed by atoms with Gasteiger partial charge in [-0.15, -0.1) is 0 Å². The third-order valence-electron chi connectivity index (χ3n) is 2.49. The number of hydrogen-bond donors (Lipinski definition) is 0. The molecule has 0 N–H and O–H groups in total. The molecular formula is C17H22BN. The smallest absolute Gasteiger partial charge is 0.0657 e. The minimum atomic E-state index is 0.713. The van der Waals surface area contributed by atoms with E-state index < -0.39 is 0 Å². The lowest BCUT2D eigenvalue weighted by atomic mass is 9.96. The fourth-order valence-electron chi connectivity index (χ4n) is 1.66. The number of hydrogen-bond acceptors (Lipinski definition) is 1. The van der Waals surface area contributed by atoms with Gasteiger partial charge in [-0.05, 0) is 44.3 Å². The molecule has 0 bridgehead atoms. The number of rotatable bonds is 3. The zero-order chi connectivity index (χ0) is 14.1. The first-order valence-corrected chi connectivity index (χ1v) is 6.59. The first-order chi connectivity index (χ1) is 9.13. The van der Waals surface area contributed by atoms with Crippen molar-refractivity contribution in [2.75, 3.05) is 21.1 Å². The lowest BCUT2D eigenvalue weighted by Crippen LogP contribution is -1.99. The summed E-state index contributed by atoms with van der Waals surface area (Å²) in [4.78, 5) is 2.00. The molecule has 0 aliphatic rings. The normalized spacial score (nSPS) is 9.89. The molecule has 1 nitrogen and oxygen atoms in total. The van der Waals surface area contributed by atoms with Crippen LogP contribution in [0.5, 0.6) is 0 Å². The molecule has 2 aromatic rings. The molecule has 0 amide bonds. The molecule has 2 aromatic carbocycles. The number of benzene rings is 2. The zero-order valence-electron chi connectivity index (χ0n) is 12.1. The summed E-state index contributed by atoms with van der Waals surface area (Å²) in [6, 6.07) is 19.0. The van der Waals surface area contributed by atoms with Crippen molar-refractivity contribution >= 4 is 7.85 Å². The molecule has 0 aromatic heterocycles. The van der Waals surface area contributed by atoms with Gasteiger partial charge in [0.15, 0.2) is 0 Å². The molecule has 0 fully saturated rings. The highest BCUT2D eigenvalue weighted by atomic mass is 15.0. The van der Waals surface area contributed by atoms with Gasteiger partial charge < -0.3 is 4.90 Å². The molecule has 0 heterocycles. The van der Waals surface area contributed by atoms with Crippen LogP contribution >= 0.6 is 0 Å². The summed E-state index contributed by atoms with van der Waals surface area (Å²) in [5.41, 5.74) is 3.82. The van der Waals surface area contributed by atoms with Crippen molar-refractivity contribution in [1.29, 1.82) is 0 Å². The van der Waals surface area contributed by atoms with Crippen LogP contribution in [0.3, 0.4) is 0 Å². The van der Waals surface area contributed by atoms with E-state index in [1.807, 2.05) is 32.1 Å². The third kappa shape index (κ3) is 6.26. The third-order valence-corrected chi connectivity index (χ3v) is 2.49. The van der Waals surface area contributed by atoms with Gasteiger partial charge in [-0.3, -0.25) is 0 Å². The highest BCUT2D eigenvalue weighted by Gasteiger charge is 1.96. The fourth-order valence-corrected chi connectivity index (χ4v) is 1.66. The van der Waals surface area contributed by atoms with Gasteiger partial charge in [0, 0.05) is 0 Å². The monoisotopic (exact) mass is 251 g/mol. The van der Waals surface area contributed by atoms with Crippen molar-refractivity contribution in [2.45, 2.75) is 12.7 Å². The molecule has 0 saturated heterocycles. The maximum Gasteiger partial charge on any atom is 0.0657 e. The van der Waals surface area contributed by atoms with Gasteiger partial charge in [0.1, 0.15) is 0 Å². The van der Waals surface area contributed by atoms with Crippen LogP contribution in [-0.4, -0.2) is 33.9 Å². The standard InChI is InChI=1S/C14H13B.C3H9N/c15-11-10-12-6-8-14(9-7-12)13-4-2-1-3-5-13;1-4(2)3/h1-9H,10-11H2;1-3H3. The van der Waals surface area contributed by atoms with Crippen molar-refractivity contribution in [3.8, 4) is 11.1 Å². The van der Waals surface area contributed by atoms with Crippen LogP contribution in [0.15, 0.2) is 54.6 Å². The van der Waals surface area contributed by atoms with Gasteiger partial charge in [-0.25, -0.2) is 0 Å². The summed E-state index contributed by atoms with van der Waals surface area (Å²) in [6.45, 7) is 0. The van der Waals surface area contributed by atoms with Crippen LogP contribution in [-0.2, 0) is 6.42 Å². The van der Waals surface area contributed by atoms with E-state index in [0.29, 0.717) is 6.32 Å². The Morgan fingerprint density at radius 3 is 1.74 bits per heavy atom. The van der Waals surface area contributed by atoms with Gasteiger partial charge >= 0.3 is 0 Å². The van der Waals surface area contributed by atoms with E-state index in [2.05, 4.69) is 48.5 Å². The van der Waals surface area contributed by atoms with Gasteiger partial charge in [-0.2, -0.15) is 0 Å². The average molecular weight is 251 g/mol. The molecule has 2 rings (SSSR count). The molecule has 0 atom stereocenters. The van der Waals surface area contributed by atoms with E-state index in [1.165, 1.54) is 16.7 Å². The van der Waals surface area contributed by atoms with E-state index in [4.69, 9.17) is 7.85 Å². The fraction of sp³-hybridized carbons (Fsp3) is 0.294. The molecule has 0 spiro atoms. The summed E-state index contributed by atoms with van der Waals surface area (Å²) in [6.07, 6.45) is 1.67. The van der Waals surface area contributed by atoms with E-state index in [1.54, 1.807) is 0 Å². The minimum absolute atomic E-state index is 0.713. The Balaban J connectivity index is 0.000000399. The highest BCUT2D eigenvalue weighted by molar-refractivity contribution is 6.08. The Morgan fingerprint density at radius 1 is 0.789 bits per heavy atom. The van der Waals surface area contributed by atoms with Crippen LogP contribution < -0.4 is 0 Å². The van der Waals surface area contributed by atoms with E-state index in [0.717, 1.165) is 6.42 Å². The predicted molar refractivity (Wildman–Crippen MR) is 85.8 cm³/mol. The van der Waals surface area contributed by atoms with Gasteiger partial charge in [0.05, 0.1) is 7.85 Å². The molecule has 0 aliphatic heterocycles. The van der Waals surface area contributed by atoms with Gasteiger partial charge in [0.25, 0.3) is 0 Å². The largest absolute Gasteiger partial charge is 0.312 e. The Morgan fingerprint density at radius 2 is 1.26 bits per heavy atom. The first kappa shape index (κ1) is 15.5. The lowest BCUT2D eigenvalue weighted by Gasteiger charge is -2.03. The molecule has 0 aliphatic carbocycles. The van der Waals surface area contributed by atoms with Crippen LogP contribution in [0.1, 0.15) is 5.56 Å². The Labute approximate surface area is 118 Å². The number of nitrogens with zero attached hydrogens (tertiary/aromatic N) is 1. The molecule has 19 heavy (non-hydrogen) atoms. The second-order valence-corrected chi connectivity index (χ2v) is 4.94. The van der Waals surface area contributed by atoms with Crippen LogP contribution in [0.2, 0.25) is 6.32 Å². The summed E-state index contributed by atoms with van der Waals surface area (Å²) >= 11 is 0. The maximum atomic E-state index is 5.51. The first-order valence-electron chi connectivity index (χ1n) is 6.59. The molecule has 0 saturated carbocycles. The SMILES string of the molecule is CN(C)C.[B]CCc1ccc(-c2ccccc2)cc1. The van der Waals surface area contributed by atoms with Crippen molar-refractivity contribution in [2.24, 2.45) is 0 Å². The van der Waals surface area contributed by atoms with Crippen LogP contribution in [0.4, 0.5) is 0 Å². The zero-order valence-corrected chi connectivity index (χ0v) is 12.1. The second kappa shape index (κ2) is 8.55. The molecular weight excluding hydrogens is 229 g/mol. The second-order valence-electron chi connectivity index (χ2n) is 4.94. The summed E-state index contributed by atoms with van der Waals surface area (Å²) in [5.74, 6) is 0. The van der Waals surface area contributed by atoms with Gasteiger partial charge in [0.2, 0.25) is 0 Å². The van der Waals surface area contributed by atoms with E-state index in [9.17, 15) is 0 Å². The predicted octanol–water partition coefficient (Wildman–Crippen LogP) is 3.66. The Kier molecular flexibility index (Phi) is 6.98. The number of aryl methyl sites for hydroxylation is 1. The molecule has 2 heteroatoms. The quantitative estimate of drug-likeness (QED) is 0.752. The Bertz CT molecular complexity index is 446. The van der Waals surface area contributed by atoms with Crippen molar-refractivity contribution < 1.29 is 0 Å².